The lowest BCUT2D eigenvalue weighted by Crippen LogP contribution is -2.34. The van der Waals surface area contributed by atoms with Gasteiger partial charge in [0.05, 0.1) is 5.69 Å². The topological polar surface area (TPSA) is 81.0 Å². The van der Waals surface area contributed by atoms with Gasteiger partial charge in [-0.2, -0.15) is 0 Å². The molecule has 166 valence electrons. The molecule has 3 atom stereocenters. The highest BCUT2D eigenvalue weighted by Gasteiger charge is 2.52. The molecule has 6 rings (SSSR count). The van der Waals surface area contributed by atoms with E-state index in [1.165, 1.54) is 36.8 Å². The third-order valence-corrected chi connectivity index (χ3v) is 7.42. The molecule has 2 bridgehead atoms. The number of hydrogen-bond donors (Lipinski definition) is 1. The van der Waals surface area contributed by atoms with E-state index < -0.39 is 5.76 Å². The molecule has 0 aliphatic heterocycles. The van der Waals surface area contributed by atoms with Gasteiger partial charge >= 0.3 is 5.76 Å². The zero-order valence-corrected chi connectivity index (χ0v) is 18.2. The molecule has 0 amide bonds. The van der Waals surface area contributed by atoms with E-state index in [9.17, 15) is 4.79 Å². The van der Waals surface area contributed by atoms with Gasteiger partial charge in [-0.25, -0.2) is 9.89 Å². The lowest BCUT2D eigenvalue weighted by Gasteiger charge is -2.39. The van der Waals surface area contributed by atoms with E-state index in [0.29, 0.717) is 18.4 Å². The normalized spacial score (nSPS) is 23.6. The van der Waals surface area contributed by atoms with E-state index in [1.807, 2.05) is 30.3 Å². The van der Waals surface area contributed by atoms with Crippen molar-refractivity contribution < 1.29 is 9.15 Å². The summed E-state index contributed by atoms with van der Waals surface area (Å²) in [7, 11) is 0. The molecular weight excluding hydrogens is 414 g/mol. The number of pyridine rings is 1. The summed E-state index contributed by atoms with van der Waals surface area (Å²) < 4.78 is 11.1. The molecule has 0 radical (unpaired) electrons. The minimum Gasteiger partial charge on any atom is -0.487 e. The van der Waals surface area contributed by atoms with Crippen LogP contribution in [0.5, 0.6) is 5.75 Å². The number of nitrogens with one attached hydrogen (secondary N) is 1. The maximum Gasteiger partial charge on any atom is 0.434 e. The smallest absolute Gasteiger partial charge is 0.434 e. The first-order chi connectivity index (χ1) is 16.2. The highest BCUT2D eigenvalue weighted by Crippen LogP contribution is 2.60. The second-order valence-corrected chi connectivity index (χ2v) is 9.18. The Morgan fingerprint density at radius 3 is 2.39 bits per heavy atom. The van der Waals surface area contributed by atoms with Crippen molar-refractivity contribution in [3.05, 3.63) is 100 Å². The molecule has 2 aromatic heterocycles. The van der Waals surface area contributed by atoms with Crippen LogP contribution in [0.15, 0.2) is 82.1 Å². The third kappa shape index (κ3) is 3.55. The summed E-state index contributed by atoms with van der Waals surface area (Å²) in [5.41, 5.74) is 4.39. The monoisotopic (exact) mass is 439 g/mol. The highest BCUT2D eigenvalue weighted by molar-refractivity contribution is 5.55. The fourth-order valence-corrected chi connectivity index (χ4v) is 5.96. The standard InChI is InChI=1S/C27H25N3O3/c31-26-30-29-25(33-26)19-5-8-20(9-6-19)27(16-18-4-7-22(27)15-18)21-10-12-24(13-11-21)32-17-23-3-1-2-14-28-23/h1-3,5-6,8-14,18,22H,4,7,15-17H2,(H,30,31). The predicted molar refractivity (Wildman–Crippen MR) is 124 cm³/mol. The van der Waals surface area contributed by atoms with Crippen LogP contribution in [0.1, 0.15) is 42.5 Å². The average molecular weight is 440 g/mol. The molecule has 0 saturated heterocycles. The molecule has 1 N–H and O–H groups in total. The number of fused-ring (bicyclic) bond motifs is 2. The number of rotatable bonds is 6. The molecule has 2 saturated carbocycles. The van der Waals surface area contributed by atoms with Crippen molar-refractivity contribution in [3.63, 3.8) is 0 Å². The Morgan fingerprint density at radius 2 is 1.79 bits per heavy atom. The molecule has 33 heavy (non-hydrogen) atoms. The molecule has 2 aromatic carbocycles. The van der Waals surface area contributed by atoms with E-state index in [2.05, 4.69) is 51.6 Å². The van der Waals surface area contributed by atoms with Crippen molar-refractivity contribution in [1.29, 1.82) is 0 Å². The number of nitrogens with zero attached hydrogens (tertiary/aromatic N) is 2. The van der Waals surface area contributed by atoms with Gasteiger partial charge in [0.25, 0.3) is 0 Å². The second-order valence-electron chi connectivity index (χ2n) is 9.18. The fraction of sp³-hybridized carbons (Fsp3) is 0.296. The Bertz CT molecular complexity index is 1290. The van der Waals surface area contributed by atoms with E-state index in [1.54, 1.807) is 6.20 Å². The maximum atomic E-state index is 11.3. The summed E-state index contributed by atoms with van der Waals surface area (Å²) >= 11 is 0. The Kier molecular flexibility index (Phi) is 4.86. The average Bonchev–Trinajstić information content (AvgIpc) is 3.61. The third-order valence-electron chi connectivity index (χ3n) is 7.42. The van der Waals surface area contributed by atoms with Crippen molar-refractivity contribution >= 4 is 0 Å². The first-order valence-corrected chi connectivity index (χ1v) is 11.5. The maximum absolute atomic E-state index is 11.3. The van der Waals surface area contributed by atoms with E-state index in [-0.39, 0.29) is 5.41 Å². The van der Waals surface area contributed by atoms with Crippen LogP contribution in [-0.4, -0.2) is 15.2 Å². The van der Waals surface area contributed by atoms with Gasteiger partial charge in [-0.3, -0.25) is 4.98 Å². The molecule has 2 aliphatic carbocycles. The highest BCUT2D eigenvalue weighted by atomic mass is 16.5. The van der Waals surface area contributed by atoms with Crippen molar-refractivity contribution in [2.75, 3.05) is 0 Å². The number of H-pyrrole nitrogens is 1. The second kappa shape index (κ2) is 8.03. The Labute approximate surface area is 191 Å². The molecule has 2 fully saturated rings. The van der Waals surface area contributed by atoms with E-state index in [0.717, 1.165) is 22.9 Å². The Balaban J connectivity index is 1.29. The van der Waals surface area contributed by atoms with Gasteiger partial charge in [-0.15, -0.1) is 5.10 Å². The van der Waals surface area contributed by atoms with E-state index in [4.69, 9.17) is 9.15 Å². The first kappa shape index (κ1) is 20.0. The number of aromatic amines is 1. The van der Waals surface area contributed by atoms with Gasteiger partial charge in [0, 0.05) is 17.2 Å². The van der Waals surface area contributed by atoms with Crippen LogP contribution in [0.3, 0.4) is 0 Å². The van der Waals surface area contributed by atoms with Crippen LogP contribution in [-0.2, 0) is 12.0 Å². The molecule has 3 unspecified atom stereocenters. The Morgan fingerprint density at radius 1 is 1.00 bits per heavy atom. The molecule has 2 heterocycles. The van der Waals surface area contributed by atoms with Crippen LogP contribution >= 0.6 is 0 Å². The zero-order chi connectivity index (χ0) is 22.3. The summed E-state index contributed by atoms with van der Waals surface area (Å²) in [5.74, 6) is 2.05. The Hall–Kier alpha value is -3.67. The van der Waals surface area contributed by atoms with Crippen LogP contribution in [0.2, 0.25) is 0 Å². The quantitative estimate of drug-likeness (QED) is 0.452. The predicted octanol–water partition coefficient (Wildman–Crippen LogP) is 5.11. The summed E-state index contributed by atoms with van der Waals surface area (Å²) in [5, 5.41) is 6.28. The molecule has 6 heteroatoms. The van der Waals surface area contributed by atoms with Gasteiger partial charge < -0.3 is 9.15 Å². The summed E-state index contributed by atoms with van der Waals surface area (Å²) in [6.07, 6.45) is 6.83. The summed E-state index contributed by atoms with van der Waals surface area (Å²) in [6, 6.07) is 22.8. The minimum atomic E-state index is -0.538. The van der Waals surface area contributed by atoms with Gasteiger partial charge in [-0.1, -0.05) is 36.8 Å². The SMILES string of the molecule is O=c1[nH]nc(-c2ccc(C3(c4ccc(OCc5ccccn5)cc4)CC4CCC3C4)cc2)o1. The minimum absolute atomic E-state index is 0.00732. The van der Waals surface area contributed by atoms with Crippen LogP contribution in [0.4, 0.5) is 0 Å². The number of aromatic nitrogens is 3. The van der Waals surface area contributed by atoms with Crippen molar-refractivity contribution in [3.8, 4) is 17.2 Å². The van der Waals surface area contributed by atoms with Crippen molar-refractivity contribution in [1.82, 2.24) is 15.2 Å². The summed E-state index contributed by atoms with van der Waals surface area (Å²) in [4.78, 5) is 15.6. The van der Waals surface area contributed by atoms with Crippen LogP contribution in [0, 0.1) is 11.8 Å². The first-order valence-electron chi connectivity index (χ1n) is 11.5. The number of ether oxygens (including phenoxy) is 1. The lowest BCUT2D eigenvalue weighted by atomic mass is 9.64. The molecular formula is C27H25N3O3. The van der Waals surface area contributed by atoms with Gasteiger partial charge in [0.2, 0.25) is 5.89 Å². The van der Waals surface area contributed by atoms with Crippen molar-refractivity contribution in [2.45, 2.75) is 37.7 Å². The lowest BCUT2D eigenvalue weighted by molar-refractivity contribution is 0.299. The van der Waals surface area contributed by atoms with Crippen LogP contribution in [0.25, 0.3) is 11.5 Å². The van der Waals surface area contributed by atoms with Crippen molar-refractivity contribution in [2.24, 2.45) is 11.8 Å². The largest absolute Gasteiger partial charge is 0.487 e. The summed E-state index contributed by atoms with van der Waals surface area (Å²) in [6.45, 7) is 0.459. The van der Waals surface area contributed by atoms with Crippen LogP contribution < -0.4 is 10.5 Å². The van der Waals surface area contributed by atoms with Gasteiger partial charge in [-0.05, 0) is 78.6 Å². The number of hydrogen-bond acceptors (Lipinski definition) is 5. The molecule has 6 nitrogen and oxygen atoms in total. The van der Waals surface area contributed by atoms with Gasteiger partial charge in [0.1, 0.15) is 12.4 Å². The van der Waals surface area contributed by atoms with E-state index >= 15 is 0 Å². The molecule has 4 aromatic rings. The fourth-order valence-electron chi connectivity index (χ4n) is 5.96. The molecule has 2 aliphatic rings. The van der Waals surface area contributed by atoms with Gasteiger partial charge in [0.15, 0.2) is 0 Å². The number of benzene rings is 2. The molecule has 0 spiro atoms. The zero-order valence-electron chi connectivity index (χ0n) is 18.2.